The van der Waals surface area contributed by atoms with Crippen LogP contribution in [-0.4, -0.2) is 43.2 Å². The number of nitrogens with one attached hydrogen (secondary N) is 1. The Morgan fingerprint density at radius 2 is 2.09 bits per heavy atom. The number of hydrogen-bond acceptors (Lipinski definition) is 3. The van der Waals surface area contributed by atoms with E-state index in [0.717, 1.165) is 18.7 Å². The molecule has 2 aromatic rings. The fourth-order valence-corrected chi connectivity index (χ4v) is 3.23. The Balaban J connectivity index is 1.66. The monoisotopic (exact) mass is 312 g/mol. The number of fused-ring (bicyclic) bond motifs is 1. The maximum absolute atomic E-state index is 12.3. The van der Waals surface area contributed by atoms with Gasteiger partial charge in [-0.1, -0.05) is 42.5 Å². The first-order chi connectivity index (χ1) is 11.1. The molecule has 122 valence electrons. The zero-order chi connectivity index (χ0) is 16.2. The standard InChI is InChI=1S/C19H24N2O2/c1-14-12-21(10-11-23-14)13-19(22)20-15(2)17-9-5-7-16-6-3-4-8-18(16)17/h3-9,14-15H,10-13H2,1-2H3,(H,20,22). The molecule has 0 saturated carbocycles. The molecule has 2 atom stereocenters. The molecule has 1 fully saturated rings. The van der Waals surface area contributed by atoms with Crippen molar-refractivity contribution < 1.29 is 9.53 Å². The van der Waals surface area contributed by atoms with Crippen molar-refractivity contribution in [3.63, 3.8) is 0 Å². The first kappa shape index (κ1) is 16.0. The van der Waals surface area contributed by atoms with E-state index in [2.05, 4.69) is 34.5 Å². The van der Waals surface area contributed by atoms with Crippen molar-refractivity contribution in [3.05, 3.63) is 48.0 Å². The largest absolute Gasteiger partial charge is 0.376 e. The Morgan fingerprint density at radius 1 is 1.30 bits per heavy atom. The van der Waals surface area contributed by atoms with Gasteiger partial charge in [0.15, 0.2) is 0 Å². The van der Waals surface area contributed by atoms with Crippen LogP contribution in [0.2, 0.25) is 0 Å². The summed E-state index contributed by atoms with van der Waals surface area (Å²) in [6.07, 6.45) is 0.201. The van der Waals surface area contributed by atoms with Crippen LogP contribution in [0.3, 0.4) is 0 Å². The molecule has 0 radical (unpaired) electrons. The van der Waals surface area contributed by atoms with E-state index in [4.69, 9.17) is 4.74 Å². The Hall–Kier alpha value is -1.91. The molecule has 0 aromatic heterocycles. The van der Waals surface area contributed by atoms with Crippen LogP contribution in [-0.2, 0) is 9.53 Å². The van der Waals surface area contributed by atoms with Crippen LogP contribution in [0.4, 0.5) is 0 Å². The van der Waals surface area contributed by atoms with Crippen LogP contribution in [0.15, 0.2) is 42.5 Å². The van der Waals surface area contributed by atoms with Gasteiger partial charge in [-0.15, -0.1) is 0 Å². The van der Waals surface area contributed by atoms with Gasteiger partial charge in [-0.3, -0.25) is 9.69 Å². The van der Waals surface area contributed by atoms with E-state index in [1.807, 2.05) is 32.0 Å². The second-order valence-electron chi connectivity index (χ2n) is 6.27. The molecule has 0 spiro atoms. The molecular weight excluding hydrogens is 288 g/mol. The summed E-state index contributed by atoms with van der Waals surface area (Å²) in [5.41, 5.74) is 1.16. The molecule has 1 aliphatic rings. The van der Waals surface area contributed by atoms with Crippen LogP contribution in [0.25, 0.3) is 10.8 Å². The number of ether oxygens (including phenoxy) is 1. The minimum Gasteiger partial charge on any atom is -0.376 e. The summed E-state index contributed by atoms with van der Waals surface area (Å²) < 4.78 is 5.51. The Labute approximate surface area is 137 Å². The van der Waals surface area contributed by atoms with Crippen molar-refractivity contribution in [2.75, 3.05) is 26.2 Å². The van der Waals surface area contributed by atoms with Crippen molar-refractivity contribution in [2.24, 2.45) is 0 Å². The molecule has 0 bridgehead atoms. The predicted molar refractivity (Wildman–Crippen MR) is 92.4 cm³/mol. The van der Waals surface area contributed by atoms with Crippen LogP contribution in [0.5, 0.6) is 0 Å². The lowest BCUT2D eigenvalue weighted by molar-refractivity contribution is -0.124. The number of nitrogens with zero attached hydrogens (tertiary/aromatic N) is 1. The van der Waals surface area contributed by atoms with Crippen molar-refractivity contribution in [2.45, 2.75) is 26.0 Å². The lowest BCUT2D eigenvalue weighted by Gasteiger charge is -2.30. The van der Waals surface area contributed by atoms with Gasteiger partial charge < -0.3 is 10.1 Å². The summed E-state index contributed by atoms with van der Waals surface area (Å²) in [7, 11) is 0. The van der Waals surface area contributed by atoms with Gasteiger partial charge in [-0.05, 0) is 30.2 Å². The van der Waals surface area contributed by atoms with E-state index in [9.17, 15) is 4.79 Å². The topological polar surface area (TPSA) is 41.6 Å². The third-order valence-electron chi connectivity index (χ3n) is 4.36. The highest BCUT2D eigenvalue weighted by atomic mass is 16.5. The summed E-state index contributed by atoms with van der Waals surface area (Å²) in [4.78, 5) is 14.5. The van der Waals surface area contributed by atoms with Gasteiger partial charge in [0.2, 0.25) is 5.91 Å². The lowest BCUT2D eigenvalue weighted by Crippen LogP contribution is -2.46. The highest BCUT2D eigenvalue weighted by Crippen LogP contribution is 2.23. The summed E-state index contributed by atoms with van der Waals surface area (Å²) in [6.45, 7) is 6.86. The summed E-state index contributed by atoms with van der Waals surface area (Å²) in [6, 6.07) is 14.5. The van der Waals surface area contributed by atoms with Crippen LogP contribution in [0.1, 0.15) is 25.5 Å². The minimum absolute atomic E-state index is 0.00735. The van der Waals surface area contributed by atoms with Crippen molar-refractivity contribution in [1.82, 2.24) is 10.2 Å². The second-order valence-corrected chi connectivity index (χ2v) is 6.27. The average molecular weight is 312 g/mol. The van der Waals surface area contributed by atoms with E-state index in [1.54, 1.807) is 0 Å². The van der Waals surface area contributed by atoms with E-state index >= 15 is 0 Å². The third kappa shape index (κ3) is 3.89. The van der Waals surface area contributed by atoms with Crippen LogP contribution in [0, 0.1) is 0 Å². The molecule has 1 heterocycles. The maximum atomic E-state index is 12.3. The lowest BCUT2D eigenvalue weighted by atomic mass is 10.00. The molecule has 1 amide bonds. The van der Waals surface area contributed by atoms with Crippen molar-refractivity contribution >= 4 is 16.7 Å². The zero-order valence-corrected chi connectivity index (χ0v) is 13.8. The Kier molecular flexibility index (Phi) is 4.94. The van der Waals surface area contributed by atoms with Gasteiger partial charge in [0.25, 0.3) is 0 Å². The first-order valence-electron chi connectivity index (χ1n) is 8.24. The molecular formula is C19H24N2O2. The van der Waals surface area contributed by atoms with E-state index < -0.39 is 0 Å². The SMILES string of the molecule is CC1CN(CC(=O)NC(C)c2cccc3ccccc23)CCO1. The number of rotatable bonds is 4. The number of carbonyl (C=O) groups excluding carboxylic acids is 1. The van der Waals surface area contributed by atoms with Crippen LogP contribution >= 0.6 is 0 Å². The highest BCUT2D eigenvalue weighted by molar-refractivity contribution is 5.87. The average Bonchev–Trinajstić information content (AvgIpc) is 2.54. The van der Waals surface area contributed by atoms with Gasteiger partial charge in [-0.25, -0.2) is 0 Å². The summed E-state index contributed by atoms with van der Waals surface area (Å²) in [5.74, 6) is 0.0690. The van der Waals surface area contributed by atoms with Gasteiger partial charge in [0.1, 0.15) is 0 Å². The molecule has 1 aliphatic heterocycles. The van der Waals surface area contributed by atoms with E-state index in [0.29, 0.717) is 13.2 Å². The smallest absolute Gasteiger partial charge is 0.234 e. The second kappa shape index (κ2) is 7.11. The molecule has 2 aromatic carbocycles. The van der Waals surface area contributed by atoms with Crippen LogP contribution < -0.4 is 5.32 Å². The van der Waals surface area contributed by atoms with E-state index in [1.165, 1.54) is 10.8 Å². The van der Waals surface area contributed by atoms with Gasteiger partial charge in [-0.2, -0.15) is 0 Å². The van der Waals surface area contributed by atoms with Gasteiger partial charge >= 0.3 is 0 Å². The Bertz CT molecular complexity index is 681. The molecule has 3 rings (SSSR count). The molecule has 0 aliphatic carbocycles. The maximum Gasteiger partial charge on any atom is 0.234 e. The van der Waals surface area contributed by atoms with Gasteiger partial charge in [0, 0.05) is 13.1 Å². The number of benzene rings is 2. The normalized spacial score (nSPS) is 20.3. The summed E-state index contributed by atoms with van der Waals surface area (Å²) >= 11 is 0. The number of amides is 1. The molecule has 4 nitrogen and oxygen atoms in total. The first-order valence-corrected chi connectivity index (χ1v) is 8.24. The molecule has 1 N–H and O–H groups in total. The summed E-state index contributed by atoms with van der Waals surface area (Å²) in [5, 5.41) is 5.53. The van der Waals surface area contributed by atoms with E-state index in [-0.39, 0.29) is 18.1 Å². The minimum atomic E-state index is -0.00735. The third-order valence-corrected chi connectivity index (χ3v) is 4.36. The van der Waals surface area contributed by atoms with Gasteiger partial charge in [0.05, 0.1) is 25.3 Å². The molecule has 23 heavy (non-hydrogen) atoms. The Morgan fingerprint density at radius 3 is 2.91 bits per heavy atom. The van der Waals surface area contributed by atoms with Crippen molar-refractivity contribution in [1.29, 1.82) is 0 Å². The number of hydrogen-bond donors (Lipinski definition) is 1. The predicted octanol–water partition coefficient (Wildman–Crippen LogP) is 2.74. The van der Waals surface area contributed by atoms with Crippen molar-refractivity contribution in [3.8, 4) is 0 Å². The molecule has 2 unspecified atom stereocenters. The fraction of sp³-hybridized carbons (Fsp3) is 0.421. The quantitative estimate of drug-likeness (QED) is 0.944. The number of morpholine rings is 1. The molecule has 4 heteroatoms. The number of carbonyl (C=O) groups is 1. The molecule has 1 saturated heterocycles. The fourth-order valence-electron chi connectivity index (χ4n) is 3.23. The zero-order valence-electron chi connectivity index (χ0n) is 13.8. The highest BCUT2D eigenvalue weighted by Gasteiger charge is 2.20.